The number of benzene rings is 1. The van der Waals surface area contributed by atoms with Crippen molar-refractivity contribution < 1.29 is 19.0 Å². The lowest BCUT2D eigenvalue weighted by atomic mass is 10.3. The van der Waals surface area contributed by atoms with E-state index in [9.17, 15) is 9.59 Å². The van der Waals surface area contributed by atoms with Crippen LogP contribution in [0.5, 0.6) is 11.5 Å². The van der Waals surface area contributed by atoms with Crippen molar-refractivity contribution in [1.82, 2.24) is 4.57 Å². The molecule has 0 spiro atoms. The number of carbonyl (C=O) groups is 1. The Hall–Kier alpha value is -2.76. The number of esters is 1. The van der Waals surface area contributed by atoms with Crippen molar-refractivity contribution >= 4 is 5.97 Å². The number of hydrogen-bond donors (Lipinski definition) is 0. The predicted molar refractivity (Wildman–Crippen MR) is 84.8 cm³/mol. The molecule has 0 saturated carbocycles. The third-order valence-electron chi connectivity index (χ3n) is 2.94. The Balaban J connectivity index is 1.79. The average Bonchev–Trinajstić information content (AvgIpc) is 2.56. The lowest BCUT2D eigenvalue weighted by molar-refractivity contribution is -0.145. The number of para-hydroxylation sites is 1. The molecule has 2 rings (SSSR count). The van der Waals surface area contributed by atoms with Gasteiger partial charge >= 0.3 is 5.97 Å². The van der Waals surface area contributed by atoms with Gasteiger partial charge in [-0.15, -0.1) is 0 Å². The van der Waals surface area contributed by atoms with Gasteiger partial charge in [0.15, 0.2) is 5.75 Å². The quantitative estimate of drug-likeness (QED) is 0.549. The highest BCUT2D eigenvalue weighted by molar-refractivity contribution is 5.69. The second-order valence-corrected chi connectivity index (χ2v) is 4.62. The van der Waals surface area contributed by atoms with Gasteiger partial charge in [0, 0.05) is 6.20 Å². The van der Waals surface area contributed by atoms with Crippen LogP contribution in [0.4, 0.5) is 0 Å². The normalized spacial score (nSPS) is 10.1. The van der Waals surface area contributed by atoms with Gasteiger partial charge in [-0.25, -0.2) is 0 Å². The summed E-state index contributed by atoms with van der Waals surface area (Å²) in [4.78, 5) is 23.8. The molecule has 0 unspecified atom stereocenters. The molecule has 0 aliphatic rings. The zero-order valence-electron chi connectivity index (χ0n) is 12.9. The summed E-state index contributed by atoms with van der Waals surface area (Å²) in [6, 6.07) is 12.5. The van der Waals surface area contributed by atoms with Crippen molar-refractivity contribution in [2.24, 2.45) is 0 Å². The molecule has 0 atom stereocenters. The fourth-order valence-corrected chi connectivity index (χ4v) is 1.92. The van der Waals surface area contributed by atoms with Crippen LogP contribution in [0.25, 0.3) is 0 Å². The van der Waals surface area contributed by atoms with E-state index in [4.69, 9.17) is 14.2 Å². The van der Waals surface area contributed by atoms with Crippen LogP contribution >= 0.6 is 0 Å². The molecule has 0 bridgehead atoms. The lowest BCUT2D eigenvalue weighted by Gasteiger charge is -2.09. The molecule has 2 aromatic rings. The SMILES string of the molecule is CCOc1cccn(CC(=O)OCCOc2ccccc2)c1=O. The zero-order chi connectivity index (χ0) is 16.5. The van der Waals surface area contributed by atoms with Crippen molar-refractivity contribution in [3.05, 3.63) is 59.0 Å². The lowest BCUT2D eigenvalue weighted by Crippen LogP contribution is -2.26. The maximum absolute atomic E-state index is 12.0. The summed E-state index contributed by atoms with van der Waals surface area (Å²) >= 11 is 0. The Bertz CT molecular complexity index is 681. The standard InChI is InChI=1S/C17H19NO5/c1-2-21-15-9-6-10-18(17(15)20)13-16(19)23-12-11-22-14-7-4-3-5-8-14/h3-10H,2,11-13H2,1H3. The van der Waals surface area contributed by atoms with E-state index in [1.54, 1.807) is 19.1 Å². The van der Waals surface area contributed by atoms with Crippen LogP contribution in [0.15, 0.2) is 53.5 Å². The second kappa shape index (κ2) is 8.63. The fraction of sp³-hybridized carbons (Fsp3) is 0.294. The summed E-state index contributed by atoms with van der Waals surface area (Å²) < 4.78 is 16.9. The largest absolute Gasteiger partial charge is 0.490 e. The molecule has 1 aromatic heterocycles. The van der Waals surface area contributed by atoms with Crippen molar-refractivity contribution in [2.45, 2.75) is 13.5 Å². The first-order valence-electron chi connectivity index (χ1n) is 7.36. The fourth-order valence-electron chi connectivity index (χ4n) is 1.92. The summed E-state index contributed by atoms with van der Waals surface area (Å²) in [5.74, 6) is 0.428. The second-order valence-electron chi connectivity index (χ2n) is 4.62. The smallest absolute Gasteiger partial charge is 0.326 e. The van der Waals surface area contributed by atoms with E-state index in [1.807, 2.05) is 30.3 Å². The maximum atomic E-state index is 12.0. The van der Waals surface area contributed by atoms with Gasteiger partial charge < -0.3 is 18.8 Å². The van der Waals surface area contributed by atoms with E-state index >= 15 is 0 Å². The van der Waals surface area contributed by atoms with Crippen LogP contribution in [-0.2, 0) is 16.1 Å². The third kappa shape index (κ3) is 5.18. The summed E-state index contributed by atoms with van der Waals surface area (Å²) in [5, 5.41) is 0. The molecule has 0 saturated heterocycles. The van der Waals surface area contributed by atoms with E-state index in [2.05, 4.69) is 0 Å². The average molecular weight is 317 g/mol. The Morgan fingerprint density at radius 1 is 1.04 bits per heavy atom. The summed E-state index contributed by atoms with van der Waals surface area (Å²) in [5.41, 5.74) is -0.355. The first-order valence-corrected chi connectivity index (χ1v) is 7.36. The minimum Gasteiger partial charge on any atom is -0.490 e. The molecule has 0 aliphatic carbocycles. The molecule has 0 amide bonds. The van der Waals surface area contributed by atoms with Gasteiger partial charge in [0.25, 0.3) is 5.56 Å². The molecule has 6 heteroatoms. The van der Waals surface area contributed by atoms with Gasteiger partial charge in [0.2, 0.25) is 0 Å². The molecule has 122 valence electrons. The highest BCUT2D eigenvalue weighted by atomic mass is 16.6. The number of aromatic nitrogens is 1. The number of ether oxygens (including phenoxy) is 3. The van der Waals surface area contributed by atoms with Crippen LogP contribution in [-0.4, -0.2) is 30.4 Å². The Labute approximate surface area is 134 Å². The Morgan fingerprint density at radius 3 is 2.57 bits per heavy atom. The van der Waals surface area contributed by atoms with Gasteiger partial charge in [0.1, 0.15) is 25.5 Å². The third-order valence-corrected chi connectivity index (χ3v) is 2.94. The van der Waals surface area contributed by atoms with Gasteiger partial charge in [0.05, 0.1) is 6.61 Å². The van der Waals surface area contributed by atoms with Crippen molar-refractivity contribution in [2.75, 3.05) is 19.8 Å². The Morgan fingerprint density at radius 2 is 1.83 bits per heavy atom. The number of hydrogen-bond acceptors (Lipinski definition) is 5. The van der Waals surface area contributed by atoms with E-state index in [0.717, 1.165) is 0 Å². The first kappa shape index (κ1) is 16.6. The molecule has 1 aromatic carbocycles. The predicted octanol–water partition coefficient (Wildman–Crippen LogP) is 1.87. The van der Waals surface area contributed by atoms with E-state index in [0.29, 0.717) is 12.4 Å². The maximum Gasteiger partial charge on any atom is 0.326 e. The summed E-state index contributed by atoms with van der Waals surface area (Å²) in [6.45, 7) is 2.39. The molecule has 23 heavy (non-hydrogen) atoms. The highest BCUT2D eigenvalue weighted by Crippen LogP contribution is 2.07. The van der Waals surface area contributed by atoms with Crippen LogP contribution < -0.4 is 15.0 Å². The number of rotatable bonds is 8. The van der Waals surface area contributed by atoms with Gasteiger partial charge in [-0.05, 0) is 31.2 Å². The van der Waals surface area contributed by atoms with Crippen molar-refractivity contribution in [3.63, 3.8) is 0 Å². The first-order chi connectivity index (χ1) is 11.2. The van der Waals surface area contributed by atoms with Crippen LogP contribution in [0, 0.1) is 0 Å². The molecule has 1 heterocycles. The summed E-state index contributed by atoms with van der Waals surface area (Å²) in [7, 11) is 0. The van der Waals surface area contributed by atoms with Crippen LogP contribution in [0.2, 0.25) is 0 Å². The monoisotopic (exact) mass is 317 g/mol. The molecule has 0 fully saturated rings. The summed E-state index contributed by atoms with van der Waals surface area (Å²) in [6.07, 6.45) is 1.52. The molecule has 6 nitrogen and oxygen atoms in total. The molecule has 0 N–H and O–H groups in total. The van der Waals surface area contributed by atoms with E-state index in [-0.39, 0.29) is 31.1 Å². The zero-order valence-corrected chi connectivity index (χ0v) is 12.9. The topological polar surface area (TPSA) is 66.8 Å². The van der Waals surface area contributed by atoms with E-state index in [1.165, 1.54) is 10.8 Å². The van der Waals surface area contributed by atoms with Crippen molar-refractivity contribution in [3.8, 4) is 11.5 Å². The number of carbonyl (C=O) groups excluding carboxylic acids is 1. The Kier molecular flexibility index (Phi) is 6.23. The molecular weight excluding hydrogens is 298 g/mol. The van der Waals surface area contributed by atoms with Gasteiger partial charge in [-0.3, -0.25) is 9.59 Å². The van der Waals surface area contributed by atoms with Gasteiger partial charge in [-0.1, -0.05) is 18.2 Å². The number of pyridine rings is 1. The van der Waals surface area contributed by atoms with Crippen LogP contribution in [0.3, 0.4) is 0 Å². The number of nitrogens with zero attached hydrogens (tertiary/aromatic N) is 1. The van der Waals surface area contributed by atoms with E-state index < -0.39 is 5.97 Å². The molecular formula is C17H19NO5. The minimum absolute atomic E-state index is 0.119. The van der Waals surface area contributed by atoms with Gasteiger partial charge in [-0.2, -0.15) is 0 Å². The highest BCUT2D eigenvalue weighted by Gasteiger charge is 2.09. The van der Waals surface area contributed by atoms with Crippen molar-refractivity contribution in [1.29, 1.82) is 0 Å². The molecule has 0 radical (unpaired) electrons. The molecule has 0 aliphatic heterocycles. The minimum atomic E-state index is -0.502. The van der Waals surface area contributed by atoms with Crippen LogP contribution in [0.1, 0.15) is 6.92 Å².